The molecule has 0 aliphatic rings. The van der Waals surface area contributed by atoms with Crippen molar-refractivity contribution in [3.05, 3.63) is 28.5 Å². The van der Waals surface area contributed by atoms with Crippen molar-refractivity contribution in [3.8, 4) is 0 Å². The predicted molar refractivity (Wildman–Crippen MR) is 64.1 cm³/mol. The molecule has 0 unspecified atom stereocenters. The van der Waals surface area contributed by atoms with Gasteiger partial charge in [-0.25, -0.2) is 4.79 Å². The number of imidazole rings is 1. The Morgan fingerprint density at radius 2 is 2.31 bits per heavy atom. The van der Waals surface area contributed by atoms with E-state index in [1.54, 1.807) is 19.1 Å². The summed E-state index contributed by atoms with van der Waals surface area (Å²) in [5, 5.41) is 0. The first kappa shape index (κ1) is 10.9. The van der Waals surface area contributed by atoms with E-state index in [4.69, 9.17) is 17.0 Å². The standard InChI is InChI=1S/C11H12N2O2S/c1-3-15-10(14)7-4-5-9-8(6-7)12-11(16)13(9)2/h4-6H,3H2,1-2H3,(H,12,16). The summed E-state index contributed by atoms with van der Waals surface area (Å²) in [4.78, 5) is 14.5. The Morgan fingerprint density at radius 3 is 3.00 bits per heavy atom. The molecule has 0 aliphatic heterocycles. The molecule has 1 heterocycles. The lowest BCUT2D eigenvalue weighted by Crippen LogP contribution is -2.04. The Hall–Kier alpha value is -1.62. The van der Waals surface area contributed by atoms with Crippen molar-refractivity contribution in [2.45, 2.75) is 6.92 Å². The monoisotopic (exact) mass is 236 g/mol. The third kappa shape index (κ3) is 1.74. The molecule has 84 valence electrons. The number of nitrogens with one attached hydrogen (secondary N) is 1. The van der Waals surface area contributed by atoms with Gasteiger partial charge in [0.25, 0.3) is 0 Å². The molecule has 0 radical (unpaired) electrons. The fraction of sp³-hybridized carbons (Fsp3) is 0.273. The van der Waals surface area contributed by atoms with Crippen molar-refractivity contribution in [1.82, 2.24) is 9.55 Å². The molecule has 0 atom stereocenters. The number of carbonyl (C=O) groups excluding carboxylic acids is 1. The van der Waals surface area contributed by atoms with Crippen LogP contribution in [0.15, 0.2) is 18.2 Å². The van der Waals surface area contributed by atoms with E-state index >= 15 is 0 Å². The highest BCUT2D eigenvalue weighted by atomic mass is 32.1. The second-order valence-electron chi connectivity index (χ2n) is 3.44. The molecule has 0 amide bonds. The van der Waals surface area contributed by atoms with Gasteiger partial charge in [-0.2, -0.15) is 0 Å². The summed E-state index contributed by atoms with van der Waals surface area (Å²) in [6, 6.07) is 5.35. The van der Waals surface area contributed by atoms with Crippen LogP contribution in [0.1, 0.15) is 17.3 Å². The van der Waals surface area contributed by atoms with Crippen molar-refractivity contribution >= 4 is 29.2 Å². The van der Waals surface area contributed by atoms with Crippen LogP contribution in [0.25, 0.3) is 11.0 Å². The molecular weight excluding hydrogens is 224 g/mol. The topological polar surface area (TPSA) is 47.0 Å². The number of aromatic amines is 1. The van der Waals surface area contributed by atoms with Gasteiger partial charge in [-0.3, -0.25) is 0 Å². The highest BCUT2D eigenvalue weighted by molar-refractivity contribution is 7.71. The van der Waals surface area contributed by atoms with E-state index < -0.39 is 0 Å². The van der Waals surface area contributed by atoms with Crippen LogP contribution in [0.5, 0.6) is 0 Å². The number of benzene rings is 1. The van der Waals surface area contributed by atoms with E-state index in [0.717, 1.165) is 11.0 Å². The zero-order valence-corrected chi connectivity index (χ0v) is 9.93. The van der Waals surface area contributed by atoms with Crippen LogP contribution in [0.3, 0.4) is 0 Å². The molecule has 0 bridgehead atoms. The minimum Gasteiger partial charge on any atom is -0.462 e. The highest BCUT2D eigenvalue weighted by Gasteiger charge is 2.08. The van der Waals surface area contributed by atoms with Crippen LogP contribution in [0.2, 0.25) is 0 Å². The maximum atomic E-state index is 11.5. The Balaban J connectivity index is 2.52. The first-order chi connectivity index (χ1) is 7.63. The molecule has 1 aromatic carbocycles. The summed E-state index contributed by atoms with van der Waals surface area (Å²) in [5.74, 6) is -0.312. The number of aromatic nitrogens is 2. The molecule has 0 fully saturated rings. The van der Waals surface area contributed by atoms with E-state index in [2.05, 4.69) is 4.98 Å². The number of hydrogen-bond donors (Lipinski definition) is 1. The number of carbonyl (C=O) groups is 1. The Morgan fingerprint density at radius 1 is 1.56 bits per heavy atom. The van der Waals surface area contributed by atoms with Crippen molar-refractivity contribution in [3.63, 3.8) is 0 Å². The number of aryl methyl sites for hydroxylation is 1. The zero-order chi connectivity index (χ0) is 11.7. The minimum atomic E-state index is -0.312. The first-order valence-corrected chi connectivity index (χ1v) is 5.40. The van der Waals surface area contributed by atoms with Crippen LogP contribution >= 0.6 is 12.2 Å². The molecule has 5 heteroatoms. The number of hydrogen-bond acceptors (Lipinski definition) is 3. The van der Waals surface area contributed by atoms with Gasteiger partial charge in [0.1, 0.15) is 0 Å². The maximum Gasteiger partial charge on any atom is 0.338 e. The summed E-state index contributed by atoms with van der Waals surface area (Å²) >= 11 is 5.11. The second kappa shape index (κ2) is 4.09. The highest BCUT2D eigenvalue weighted by Crippen LogP contribution is 2.15. The van der Waals surface area contributed by atoms with Gasteiger partial charge in [0.2, 0.25) is 0 Å². The molecule has 4 nitrogen and oxygen atoms in total. The lowest BCUT2D eigenvalue weighted by Gasteiger charge is -2.01. The molecule has 2 rings (SSSR count). The number of rotatable bonds is 2. The summed E-state index contributed by atoms with van der Waals surface area (Å²) in [7, 11) is 1.88. The quantitative estimate of drug-likeness (QED) is 0.643. The predicted octanol–water partition coefficient (Wildman–Crippen LogP) is 2.41. The molecular formula is C11H12N2O2S. The second-order valence-corrected chi connectivity index (χ2v) is 3.83. The molecule has 1 N–H and O–H groups in total. The SMILES string of the molecule is CCOC(=O)c1ccc2c(c1)[nH]c(=S)n2C. The summed E-state index contributed by atoms with van der Waals surface area (Å²) in [6.45, 7) is 2.16. The lowest BCUT2D eigenvalue weighted by atomic mass is 10.2. The minimum absolute atomic E-state index is 0.312. The lowest BCUT2D eigenvalue weighted by molar-refractivity contribution is 0.0526. The van der Waals surface area contributed by atoms with Gasteiger partial charge in [0.05, 0.1) is 23.2 Å². The number of H-pyrrole nitrogens is 1. The average Bonchev–Trinajstić information content (AvgIpc) is 2.55. The first-order valence-electron chi connectivity index (χ1n) is 4.99. The van der Waals surface area contributed by atoms with Crippen molar-refractivity contribution in [2.24, 2.45) is 7.05 Å². The van der Waals surface area contributed by atoms with E-state index in [-0.39, 0.29) is 5.97 Å². The van der Waals surface area contributed by atoms with Gasteiger partial charge in [-0.1, -0.05) is 0 Å². The number of nitrogens with zero attached hydrogens (tertiary/aromatic N) is 1. The van der Waals surface area contributed by atoms with Crippen LogP contribution in [-0.4, -0.2) is 22.1 Å². The zero-order valence-electron chi connectivity index (χ0n) is 9.11. The normalized spacial score (nSPS) is 10.6. The van der Waals surface area contributed by atoms with E-state index in [9.17, 15) is 4.79 Å². The average molecular weight is 236 g/mol. The number of ether oxygens (including phenoxy) is 1. The molecule has 1 aromatic heterocycles. The molecule has 16 heavy (non-hydrogen) atoms. The largest absolute Gasteiger partial charge is 0.462 e. The Labute approximate surface area is 97.8 Å². The van der Waals surface area contributed by atoms with Crippen LogP contribution < -0.4 is 0 Å². The fourth-order valence-corrected chi connectivity index (χ4v) is 1.79. The van der Waals surface area contributed by atoms with Crippen molar-refractivity contribution in [2.75, 3.05) is 6.61 Å². The third-order valence-electron chi connectivity index (χ3n) is 2.42. The van der Waals surface area contributed by atoms with Gasteiger partial charge in [-0.15, -0.1) is 0 Å². The number of fused-ring (bicyclic) bond motifs is 1. The number of esters is 1. The Bertz CT molecular complexity index is 598. The van der Waals surface area contributed by atoms with E-state index in [1.165, 1.54) is 0 Å². The van der Waals surface area contributed by atoms with E-state index in [0.29, 0.717) is 16.9 Å². The van der Waals surface area contributed by atoms with Gasteiger partial charge < -0.3 is 14.3 Å². The van der Waals surface area contributed by atoms with Gasteiger partial charge in [0.15, 0.2) is 4.77 Å². The molecule has 2 aromatic rings. The van der Waals surface area contributed by atoms with E-state index in [1.807, 2.05) is 17.7 Å². The van der Waals surface area contributed by atoms with Crippen LogP contribution in [0, 0.1) is 4.77 Å². The smallest absolute Gasteiger partial charge is 0.338 e. The maximum absolute atomic E-state index is 11.5. The molecule has 0 spiro atoms. The third-order valence-corrected chi connectivity index (χ3v) is 2.79. The van der Waals surface area contributed by atoms with Gasteiger partial charge >= 0.3 is 5.97 Å². The van der Waals surface area contributed by atoms with Crippen LogP contribution in [0.4, 0.5) is 0 Å². The molecule has 0 saturated carbocycles. The summed E-state index contributed by atoms with van der Waals surface area (Å²) < 4.78 is 7.42. The molecule has 0 saturated heterocycles. The summed E-state index contributed by atoms with van der Waals surface area (Å²) in [5.41, 5.74) is 2.35. The Kier molecular flexibility index (Phi) is 2.78. The molecule has 0 aliphatic carbocycles. The van der Waals surface area contributed by atoms with Crippen LogP contribution in [-0.2, 0) is 11.8 Å². The van der Waals surface area contributed by atoms with Crippen molar-refractivity contribution < 1.29 is 9.53 Å². The van der Waals surface area contributed by atoms with Gasteiger partial charge in [0, 0.05) is 7.05 Å². The summed E-state index contributed by atoms with van der Waals surface area (Å²) in [6.07, 6.45) is 0. The fourth-order valence-electron chi connectivity index (χ4n) is 1.58. The van der Waals surface area contributed by atoms with Gasteiger partial charge in [-0.05, 0) is 37.3 Å². The van der Waals surface area contributed by atoms with Crippen molar-refractivity contribution in [1.29, 1.82) is 0 Å².